The van der Waals surface area contributed by atoms with Gasteiger partial charge in [-0.15, -0.1) is 0 Å². The summed E-state index contributed by atoms with van der Waals surface area (Å²) < 4.78 is 55.2. The third-order valence-electron chi connectivity index (χ3n) is 4.62. The predicted octanol–water partition coefficient (Wildman–Crippen LogP) is 3.71. The summed E-state index contributed by atoms with van der Waals surface area (Å²) in [5, 5.41) is 9.02. The van der Waals surface area contributed by atoms with Crippen molar-refractivity contribution in [1.29, 1.82) is 0 Å². The largest absolute Gasteiger partial charge is 0.471 e. The van der Waals surface area contributed by atoms with E-state index in [0.717, 1.165) is 0 Å². The fourth-order valence-corrected chi connectivity index (χ4v) is 2.98. The van der Waals surface area contributed by atoms with E-state index in [0.29, 0.717) is 16.7 Å². The zero-order chi connectivity index (χ0) is 22.9. The lowest BCUT2D eigenvalue weighted by atomic mass is 10.1. The number of rotatable bonds is 7. The normalized spacial score (nSPS) is 11.6. The molecule has 4 aromatic rings. The van der Waals surface area contributed by atoms with Crippen molar-refractivity contribution in [1.82, 2.24) is 10.1 Å². The molecule has 0 unspecified atom stereocenters. The summed E-state index contributed by atoms with van der Waals surface area (Å²) in [6.07, 6.45) is -4.73. The topological polar surface area (TPSA) is 97.1 Å². The fraction of sp³-hybridized carbons (Fsp3) is 0.143. The lowest BCUT2D eigenvalue weighted by Crippen LogP contribution is -2.37. The Morgan fingerprint density at radius 3 is 2.06 bits per heavy atom. The van der Waals surface area contributed by atoms with Crippen LogP contribution in [0.3, 0.4) is 0 Å². The molecule has 2 N–H and O–H groups in total. The van der Waals surface area contributed by atoms with Gasteiger partial charge in [-0.2, -0.15) is 18.2 Å². The minimum atomic E-state index is -4.73. The smallest absolute Gasteiger partial charge is 0.376 e. The van der Waals surface area contributed by atoms with E-state index in [1.54, 1.807) is 18.2 Å². The van der Waals surface area contributed by atoms with Crippen molar-refractivity contribution in [3.05, 3.63) is 91.8 Å². The molecule has 0 spiro atoms. The van der Waals surface area contributed by atoms with Gasteiger partial charge in [0.15, 0.2) is 0 Å². The Labute approximate surface area is 177 Å². The van der Waals surface area contributed by atoms with E-state index in [-0.39, 0.29) is 30.3 Å². The molecule has 0 bridgehead atoms. The van der Waals surface area contributed by atoms with Crippen LogP contribution in [-0.4, -0.2) is 10.1 Å². The number of nitrogens with one attached hydrogen (secondary N) is 2. The number of alkyl halides is 3. The van der Waals surface area contributed by atoms with Gasteiger partial charge in [-0.05, 0) is 23.3 Å². The maximum Gasteiger partial charge on any atom is 0.471 e. The van der Waals surface area contributed by atoms with Crippen LogP contribution in [0.25, 0.3) is 11.4 Å². The first kappa shape index (κ1) is 21.2. The molecule has 3 aromatic carbocycles. The van der Waals surface area contributed by atoms with Gasteiger partial charge in [0.05, 0.1) is 0 Å². The van der Waals surface area contributed by atoms with E-state index in [1.165, 1.54) is 30.3 Å². The first-order valence-corrected chi connectivity index (χ1v) is 9.28. The highest BCUT2D eigenvalue weighted by Crippen LogP contribution is 2.29. The summed E-state index contributed by atoms with van der Waals surface area (Å²) in [6.45, 7) is 0.344. The number of aromatic nitrogens is 2. The van der Waals surface area contributed by atoms with Gasteiger partial charge < -0.3 is 15.2 Å². The average Bonchev–Trinajstić information content (AvgIpc) is 3.27. The zero-order valence-electron chi connectivity index (χ0n) is 16.2. The van der Waals surface area contributed by atoms with Crippen molar-refractivity contribution in [3.63, 3.8) is 0 Å². The van der Waals surface area contributed by atoms with Gasteiger partial charge >= 0.3 is 12.1 Å². The molecule has 164 valence electrons. The van der Waals surface area contributed by atoms with Crippen molar-refractivity contribution in [2.75, 3.05) is 10.6 Å². The Balaban J connectivity index is 1.40. The van der Waals surface area contributed by atoms with Crippen LogP contribution in [0.15, 0.2) is 62.6 Å². The van der Waals surface area contributed by atoms with Crippen molar-refractivity contribution < 1.29 is 22.1 Å². The summed E-state index contributed by atoms with van der Waals surface area (Å²) in [5.74, 6) is -2.05. The molecule has 1 aromatic heterocycles. The Bertz CT molecular complexity index is 1320. The summed E-state index contributed by atoms with van der Waals surface area (Å²) in [5.41, 5.74) is 0.504. The number of halogens is 4. The minimum absolute atomic E-state index is 0.113. The van der Waals surface area contributed by atoms with Gasteiger partial charge in [0, 0.05) is 18.7 Å². The molecule has 0 aliphatic carbocycles. The molecular weight excluding hydrogens is 432 g/mol. The standard InChI is InChI=1S/C21H14F4N4O3/c22-14-3-1-2-12(8-14)10-27-16-15(17(30)18(16)31)26-9-11-4-6-13(7-5-11)19-28-20(32-29-19)21(23,24)25/h1-8,26-27H,9-10H2. The van der Waals surface area contributed by atoms with Crippen LogP contribution in [-0.2, 0) is 19.3 Å². The second-order valence-corrected chi connectivity index (χ2v) is 6.86. The number of anilines is 2. The highest BCUT2D eigenvalue weighted by atomic mass is 19.4. The van der Waals surface area contributed by atoms with Crippen LogP contribution >= 0.6 is 0 Å². The Kier molecular flexibility index (Phi) is 5.47. The lowest BCUT2D eigenvalue weighted by Gasteiger charge is -2.15. The van der Waals surface area contributed by atoms with Crippen molar-refractivity contribution in [2.45, 2.75) is 19.3 Å². The van der Waals surface area contributed by atoms with E-state index in [1.807, 2.05) is 0 Å². The number of benzene rings is 2. The summed E-state index contributed by atoms with van der Waals surface area (Å²) in [4.78, 5) is 27.1. The third-order valence-corrected chi connectivity index (χ3v) is 4.62. The quantitative estimate of drug-likeness (QED) is 0.330. The van der Waals surface area contributed by atoms with Crippen LogP contribution in [0.1, 0.15) is 17.0 Å². The zero-order valence-corrected chi connectivity index (χ0v) is 16.2. The first-order chi connectivity index (χ1) is 15.2. The van der Waals surface area contributed by atoms with Crippen LogP contribution in [0, 0.1) is 5.82 Å². The molecule has 7 nitrogen and oxygen atoms in total. The molecule has 0 aliphatic heterocycles. The first-order valence-electron chi connectivity index (χ1n) is 9.28. The highest BCUT2D eigenvalue weighted by molar-refractivity contribution is 5.74. The van der Waals surface area contributed by atoms with Gasteiger partial charge in [0.25, 0.3) is 10.9 Å². The van der Waals surface area contributed by atoms with Crippen LogP contribution in [0.5, 0.6) is 0 Å². The van der Waals surface area contributed by atoms with E-state index < -0.39 is 28.7 Å². The second kappa shape index (κ2) is 8.25. The van der Waals surface area contributed by atoms with Gasteiger partial charge in [-0.1, -0.05) is 41.6 Å². The van der Waals surface area contributed by atoms with Crippen LogP contribution in [0.4, 0.5) is 28.9 Å². The van der Waals surface area contributed by atoms with E-state index in [4.69, 9.17) is 0 Å². The van der Waals surface area contributed by atoms with Gasteiger partial charge in [0.1, 0.15) is 17.2 Å². The number of hydrogen-bond acceptors (Lipinski definition) is 7. The van der Waals surface area contributed by atoms with E-state index in [9.17, 15) is 27.2 Å². The molecule has 0 amide bonds. The Morgan fingerprint density at radius 2 is 1.50 bits per heavy atom. The van der Waals surface area contributed by atoms with Gasteiger partial charge in [-0.3, -0.25) is 9.59 Å². The maximum atomic E-state index is 13.3. The lowest BCUT2D eigenvalue weighted by molar-refractivity contribution is -0.159. The van der Waals surface area contributed by atoms with E-state index >= 15 is 0 Å². The number of nitrogens with zero attached hydrogens (tertiary/aromatic N) is 2. The summed E-state index contributed by atoms with van der Waals surface area (Å²) >= 11 is 0. The Morgan fingerprint density at radius 1 is 0.875 bits per heavy atom. The number of hydrogen-bond donors (Lipinski definition) is 2. The second-order valence-electron chi connectivity index (χ2n) is 6.86. The molecule has 0 fully saturated rings. The molecule has 0 atom stereocenters. The third kappa shape index (κ3) is 4.36. The molecule has 4 rings (SSSR count). The molecule has 1 heterocycles. The molecule has 0 saturated carbocycles. The van der Waals surface area contributed by atoms with Crippen molar-refractivity contribution >= 4 is 11.4 Å². The summed E-state index contributed by atoms with van der Waals surface area (Å²) in [7, 11) is 0. The molecule has 11 heteroatoms. The van der Waals surface area contributed by atoms with Gasteiger partial charge in [-0.25, -0.2) is 4.39 Å². The van der Waals surface area contributed by atoms with Gasteiger partial charge in [0.2, 0.25) is 5.82 Å². The Hall–Kier alpha value is -4.02. The molecule has 0 saturated heterocycles. The summed E-state index contributed by atoms with van der Waals surface area (Å²) in [6, 6.07) is 12.1. The van der Waals surface area contributed by atoms with Crippen LogP contribution in [0.2, 0.25) is 0 Å². The fourth-order valence-electron chi connectivity index (χ4n) is 2.98. The molecule has 32 heavy (non-hydrogen) atoms. The average molecular weight is 446 g/mol. The molecular formula is C21H14F4N4O3. The maximum absolute atomic E-state index is 13.3. The van der Waals surface area contributed by atoms with Crippen molar-refractivity contribution in [2.24, 2.45) is 0 Å². The van der Waals surface area contributed by atoms with E-state index in [2.05, 4.69) is 25.3 Å². The molecule has 0 radical (unpaired) electrons. The molecule has 0 aliphatic rings. The predicted molar refractivity (Wildman–Crippen MR) is 107 cm³/mol. The monoisotopic (exact) mass is 446 g/mol. The minimum Gasteiger partial charge on any atom is -0.376 e. The van der Waals surface area contributed by atoms with Crippen molar-refractivity contribution in [3.8, 4) is 11.4 Å². The SMILES string of the molecule is O=c1c(NCc2ccc(-c3noc(C(F)(F)F)n3)cc2)c(NCc2cccc(F)c2)c1=O. The highest BCUT2D eigenvalue weighted by Gasteiger charge is 2.38. The van der Waals surface area contributed by atoms with Crippen LogP contribution < -0.4 is 21.5 Å².